The van der Waals surface area contributed by atoms with Gasteiger partial charge < -0.3 is 9.88 Å². The van der Waals surface area contributed by atoms with Crippen molar-refractivity contribution in [3.8, 4) is 0 Å². The number of rotatable bonds is 3. The second-order valence-electron chi connectivity index (χ2n) is 3.30. The number of nitrogens with one attached hydrogen (secondary N) is 1. The lowest BCUT2D eigenvalue weighted by atomic mass is 10.2. The first kappa shape index (κ1) is 9.02. The molecule has 13 heavy (non-hydrogen) atoms. The zero-order chi connectivity index (χ0) is 9.10. The third-order valence-corrected chi connectivity index (χ3v) is 3.45. The highest BCUT2D eigenvalue weighted by molar-refractivity contribution is 7.99. The van der Waals surface area contributed by atoms with E-state index in [0.29, 0.717) is 6.04 Å². The van der Waals surface area contributed by atoms with Gasteiger partial charge in [0.15, 0.2) is 0 Å². The summed E-state index contributed by atoms with van der Waals surface area (Å²) in [6, 6.07) is 0.668. The van der Waals surface area contributed by atoms with Gasteiger partial charge in [-0.3, -0.25) is 0 Å². The van der Waals surface area contributed by atoms with Gasteiger partial charge in [-0.1, -0.05) is 0 Å². The van der Waals surface area contributed by atoms with Crippen LogP contribution in [0.2, 0.25) is 0 Å². The maximum atomic E-state index is 4.02. The number of hydrogen-bond acceptors (Lipinski definition) is 4. The molecule has 1 unspecified atom stereocenters. The average molecular weight is 198 g/mol. The number of aromatic nitrogens is 3. The molecule has 72 valence electrons. The van der Waals surface area contributed by atoms with Crippen molar-refractivity contribution < 1.29 is 0 Å². The molecule has 1 saturated heterocycles. The summed E-state index contributed by atoms with van der Waals surface area (Å²) in [5, 5.41) is 11.3. The van der Waals surface area contributed by atoms with Gasteiger partial charge in [0.05, 0.1) is 6.54 Å². The van der Waals surface area contributed by atoms with Gasteiger partial charge in [0.25, 0.3) is 0 Å². The molecular weight excluding hydrogens is 184 g/mol. The standard InChI is InChI=1S/C8H14N4S/c1-12-6-10-11-8(12)4-9-7-2-3-13-5-7/h6-7,9H,2-5H2,1H3. The molecule has 2 heterocycles. The van der Waals surface area contributed by atoms with E-state index in [1.54, 1.807) is 6.33 Å². The van der Waals surface area contributed by atoms with Gasteiger partial charge in [-0.15, -0.1) is 10.2 Å². The molecule has 0 bridgehead atoms. The van der Waals surface area contributed by atoms with Gasteiger partial charge in [-0.25, -0.2) is 0 Å². The zero-order valence-corrected chi connectivity index (χ0v) is 8.55. The molecule has 1 N–H and O–H groups in total. The number of thioether (sulfide) groups is 1. The van der Waals surface area contributed by atoms with Crippen LogP contribution in [0.25, 0.3) is 0 Å². The zero-order valence-electron chi connectivity index (χ0n) is 7.73. The summed E-state index contributed by atoms with van der Waals surface area (Å²) in [6.07, 6.45) is 3.02. The van der Waals surface area contributed by atoms with Crippen LogP contribution >= 0.6 is 11.8 Å². The fraction of sp³-hybridized carbons (Fsp3) is 0.750. The SMILES string of the molecule is Cn1cnnc1CNC1CCSC1. The van der Waals surface area contributed by atoms with Crippen LogP contribution in [-0.2, 0) is 13.6 Å². The van der Waals surface area contributed by atoms with Crippen LogP contribution in [0.4, 0.5) is 0 Å². The largest absolute Gasteiger partial charge is 0.320 e. The summed E-state index contributed by atoms with van der Waals surface area (Å²) < 4.78 is 1.95. The first-order valence-electron chi connectivity index (χ1n) is 4.50. The molecule has 1 fully saturated rings. The minimum absolute atomic E-state index is 0.668. The van der Waals surface area contributed by atoms with E-state index in [1.807, 2.05) is 23.4 Å². The van der Waals surface area contributed by atoms with Crippen LogP contribution in [0.15, 0.2) is 6.33 Å². The van der Waals surface area contributed by atoms with Crippen molar-refractivity contribution in [1.29, 1.82) is 0 Å². The van der Waals surface area contributed by atoms with Gasteiger partial charge in [-0.05, 0) is 12.2 Å². The Morgan fingerprint density at radius 1 is 1.77 bits per heavy atom. The third kappa shape index (κ3) is 2.22. The number of nitrogens with zero attached hydrogens (tertiary/aromatic N) is 3. The summed E-state index contributed by atoms with van der Waals surface area (Å²) in [7, 11) is 1.97. The van der Waals surface area contributed by atoms with E-state index in [0.717, 1.165) is 12.4 Å². The lowest BCUT2D eigenvalue weighted by Crippen LogP contribution is -2.29. The first-order valence-corrected chi connectivity index (χ1v) is 5.66. The second-order valence-corrected chi connectivity index (χ2v) is 4.45. The Morgan fingerprint density at radius 3 is 3.31 bits per heavy atom. The van der Waals surface area contributed by atoms with Crippen LogP contribution in [0, 0.1) is 0 Å². The quantitative estimate of drug-likeness (QED) is 0.764. The molecular formula is C8H14N4S. The van der Waals surface area contributed by atoms with E-state index in [-0.39, 0.29) is 0 Å². The minimum atomic E-state index is 0.668. The minimum Gasteiger partial charge on any atom is -0.320 e. The Hall–Kier alpha value is -0.550. The summed E-state index contributed by atoms with van der Waals surface area (Å²) in [5.74, 6) is 3.53. The van der Waals surface area contributed by atoms with E-state index >= 15 is 0 Å². The number of aryl methyl sites for hydroxylation is 1. The Bertz CT molecular complexity index is 267. The van der Waals surface area contributed by atoms with Gasteiger partial charge in [-0.2, -0.15) is 11.8 Å². The predicted molar refractivity (Wildman–Crippen MR) is 53.6 cm³/mol. The van der Waals surface area contributed by atoms with Crippen LogP contribution < -0.4 is 5.32 Å². The normalized spacial score (nSPS) is 22.4. The highest BCUT2D eigenvalue weighted by atomic mass is 32.2. The monoisotopic (exact) mass is 198 g/mol. The van der Waals surface area contributed by atoms with Crippen LogP contribution in [0.1, 0.15) is 12.2 Å². The molecule has 0 saturated carbocycles. The van der Waals surface area contributed by atoms with E-state index < -0.39 is 0 Å². The van der Waals surface area contributed by atoms with Crippen molar-refractivity contribution in [3.05, 3.63) is 12.2 Å². The lowest BCUT2D eigenvalue weighted by molar-refractivity contribution is 0.535. The molecule has 1 aromatic rings. The maximum Gasteiger partial charge on any atom is 0.146 e. The third-order valence-electron chi connectivity index (χ3n) is 2.28. The smallest absolute Gasteiger partial charge is 0.146 e. The molecule has 0 amide bonds. The van der Waals surface area contributed by atoms with Crippen molar-refractivity contribution >= 4 is 11.8 Å². The molecule has 1 atom stereocenters. The molecule has 1 aliphatic rings. The lowest BCUT2D eigenvalue weighted by Gasteiger charge is -2.09. The summed E-state index contributed by atoms with van der Waals surface area (Å²) in [5.41, 5.74) is 0. The molecule has 0 spiro atoms. The topological polar surface area (TPSA) is 42.7 Å². The molecule has 1 aliphatic heterocycles. The molecule has 0 aromatic carbocycles. The van der Waals surface area contributed by atoms with Crippen molar-refractivity contribution in [2.45, 2.75) is 19.0 Å². The van der Waals surface area contributed by atoms with E-state index in [9.17, 15) is 0 Å². The highest BCUT2D eigenvalue weighted by Crippen LogP contribution is 2.17. The summed E-state index contributed by atoms with van der Waals surface area (Å²) in [6.45, 7) is 0.835. The van der Waals surface area contributed by atoms with Crippen LogP contribution in [0.3, 0.4) is 0 Å². The van der Waals surface area contributed by atoms with Crippen LogP contribution in [0.5, 0.6) is 0 Å². The van der Waals surface area contributed by atoms with Crippen molar-refractivity contribution in [2.75, 3.05) is 11.5 Å². The maximum absolute atomic E-state index is 4.02. The molecule has 1 aromatic heterocycles. The van der Waals surface area contributed by atoms with Gasteiger partial charge in [0.2, 0.25) is 0 Å². The second kappa shape index (κ2) is 4.11. The first-order chi connectivity index (χ1) is 6.36. The summed E-state index contributed by atoms with van der Waals surface area (Å²) >= 11 is 2.02. The Labute approximate surface area is 82.1 Å². The fourth-order valence-corrected chi connectivity index (χ4v) is 2.59. The van der Waals surface area contributed by atoms with E-state index in [2.05, 4.69) is 15.5 Å². The predicted octanol–water partition coefficient (Wildman–Crippen LogP) is 0.410. The Balaban J connectivity index is 1.82. The van der Waals surface area contributed by atoms with Crippen molar-refractivity contribution in [3.63, 3.8) is 0 Å². The van der Waals surface area contributed by atoms with E-state index in [4.69, 9.17) is 0 Å². The molecule has 4 nitrogen and oxygen atoms in total. The molecule has 0 aliphatic carbocycles. The highest BCUT2D eigenvalue weighted by Gasteiger charge is 2.14. The van der Waals surface area contributed by atoms with Crippen molar-refractivity contribution in [2.24, 2.45) is 7.05 Å². The Morgan fingerprint density at radius 2 is 2.69 bits per heavy atom. The molecule has 5 heteroatoms. The van der Waals surface area contributed by atoms with Gasteiger partial charge >= 0.3 is 0 Å². The fourth-order valence-electron chi connectivity index (χ4n) is 1.40. The van der Waals surface area contributed by atoms with Gasteiger partial charge in [0, 0.05) is 18.8 Å². The molecule has 0 radical (unpaired) electrons. The Kier molecular flexibility index (Phi) is 2.85. The van der Waals surface area contributed by atoms with Crippen molar-refractivity contribution in [1.82, 2.24) is 20.1 Å². The van der Waals surface area contributed by atoms with Crippen LogP contribution in [-0.4, -0.2) is 32.3 Å². The molecule has 2 rings (SSSR count). The summed E-state index contributed by atoms with van der Waals surface area (Å²) in [4.78, 5) is 0. The number of hydrogen-bond donors (Lipinski definition) is 1. The average Bonchev–Trinajstić information content (AvgIpc) is 2.72. The van der Waals surface area contributed by atoms with E-state index in [1.165, 1.54) is 17.9 Å². The van der Waals surface area contributed by atoms with Gasteiger partial charge in [0.1, 0.15) is 12.2 Å².